The molecule has 0 spiro atoms. The molecule has 0 atom stereocenters. The Morgan fingerprint density at radius 2 is 1.85 bits per heavy atom. The van der Waals surface area contributed by atoms with Crippen molar-refractivity contribution in [2.75, 3.05) is 39.8 Å². The van der Waals surface area contributed by atoms with Crippen molar-refractivity contribution in [3.63, 3.8) is 0 Å². The Balaban J connectivity index is 1.52. The molecule has 0 radical (unpaired) electrons. The summed E-state index contributed by atoms with van der Waals surface area (Å²) in [6.07, 6.45) is 2.97. The summed E-state index contributed by atoms with van der Waals surface area (Å²) in [5, 5.41) is 0. The van der Waals surface area contributed by atoms with Crippen LogP contribution in [0.5, 0.6) is 0 Å². The zero-order valence-corrected chi connectivity index (χ0v) is 17.4. The molecule has 2 aliphatic heterocycles. The number of carbonyl (C=O) groups excluding carboxylic acids is 2. The zero-order chi connectivity index (χ0) is 19.4. The second kappa shape index (κ2) is 8.99. The Hall–Kier alpha value is -1.70. The van der Waals surface area contributed by atoms with Crippen molar-refractivity contribution in [2.24, 2.45) is 0 Å². The maximum Gasteiger partial charge on any atom is 0.266 e. The largest absolute Gasteiger partial charge is 0.340 e. The highest BCUT2D eigenvalue weighted by Crippen LogP contribution is 2.32. The topological polar surface area (TPSA) is 43.9 Å². The van der Waals surface area contributed by atoms with E-state index in [-0.39, 0.29) is 11.8 Å². The molecule has 5 nitrogen and oxygen atoms in total. The molecule has 27 heavy (non-hydrogen) atoms. The van der Waals surface area contributed by atoms with Crippen LogP contribution in [0.1, 0.15) is 24.0 Å². The average molecular weight is 404 g/mol. The molecule has 1 aromatic rings. The van der Waals surface area contributed by atoms with Gasteiger partial charge in [0, 0.05) is 39.1 Å². The lowest BCUT2D eigenvalue weighted by Crippen LogP contribution is -2.47. The number of thioether (sulfide) groups is 1. The summed E-state index contributed by atoms with van der Waals surface area (Å²) < 4.78 is 0.574. The van der Waals surface area contributed by atoms with Crippen LogP contribution in [0.4, 0.5) is 0 Å². The Labute approximate surface area is 170 Å². The SMILES string of the molecule is Cc1ccc(C=C2SC(=S)N(CCCC(=O)N3CCN(C)CC3)C2=O)cc1. The van der Waals surface area contributed by atoms with Gasteiger partial charge < -0.3 is 9.80 Å². The predicted molar refractivity (Wildman–Crippen MR) is 114 cm³/mol. The Morgan fingerprint density at radius 1 is 1.19 bits per heavy atom. The number of carbonyl (C=O) groups is 2. The fourth-order valence-corrected chi connectivity index (χ4v) is 4.42. The van der Waals surface area contributed by atoms with Crippen LogP contribution in [0.25, 0.3) is 6.08 Å². The first-order valence-corrected chi connectivity index (χ1v) is 10.4. The van der Waals surface area contributed by atoms with E-state index in [1.165, 1.54) is 17.3 Å². The molecular weight excluding hydrogens is 378 g/mol. The Bertz CT molecular complexity index is 753. The number of benzene rings is 1. The van der Waals surface area contributed by atoms with Crippen LogP contribution in [-0.2, 0) is 9.59 Å². The van der Waals surface area contributed by atoms with Crippen LogP contribution in [0.3, 0.4) is 0 Å². The fraction of sp³-hybridized carbons (Fsp3) is 0.450. The zero-order valence-electron chi connectivity index (χ0n) is 15.8. The molecule has 0 saturated carbocycles. The highest BCUT2D eigenvalue weighted by molar-refractivity contribution is 8.26. The first-order valence-electron chi connectivity index (χ1n) is 9.22. The number of likely N-dealkylation sites (N-methyl/N-ethyl adjacent to an activating group) is 1. The molecule has 144 valence electrons. The first-order chi connectivity index (χ1) is 12.9. The van der Waals surface area contributed by atoms with Crippen molar-refractivity contribution < 1.29 is 9.59 Å². The monoisotopic (exact) mass is 403 g/mol. The summed E-state index contributed by atoms with van der Waals surface area (Å²) >= 11 is 6.71. The molecule has 2 aliphatic rings. The minimum atomic E-state index is -0.0578. The van der Waals surface area contributed by atoms with Gasteiger partial charge >= 0.3 is 0 Å². The van der Waals surface area contributed by atoms with Crippen molar-refractivity contribution >= 4 is 46.2 Å². The van der Waals surface area contributed by atoms with Crippen molar-refractivity contribution in [3.05, 3.63) is 40.3 Å². The van der Waals surface area contributed by atoms with Gasteiger partial charge in [-0.25, -0.2) is 0 Å². The molecule has 2 fully saturated rings. The number of hydrogen-bond acceptors (Lipinski definition) is 5. The smallest absolute Gasteiger partial charge is 0.266 e. The third-order valence-electron chi connectivity index (χ3n) is 4.88. The minimum absolute atomic E-state index is 0.0578. The molecule has 0 aromatic heterocycles. The van der Waals surface area contributed by atoms with Gasteiger partial charge in [-0.15, -0.1) is 0 Å². The van der Waals surface area contributed by atoms with Crippen LogP contribution in [0.15, 0.2) is 29.2 Å². The maximum absolute atomic E-state index is 12.6. The molecule has 2 saturated heterocycles. The van der Waals surface area contributed by atoms with Crippen molar-refractivity contribution in [1.29, 1.82) is 0 Å². The summed E-state index contributed by atoms with van der Waals surface area (Å²) in [7, 11) is 2.07. The summed E-state index contributed by atoms with van der Waals surface area (Å²) in [4.78, 5) is 31.4. The van der Waals surface area contributed by atoms with Gasteiger partial charge in [0.15, 0.2) is 0 Å². The molecule has 0 aliphatic carbocycles. The standard InChI is InChI=1S/C20H25N3O2S2/c1-15-5-7-16(8-6-15)14-17-19(25)23(20(26)27-17)9-3-4-18(24)22-12-10-21(2)11-13-22/h5-8,14H,3-4,9-13H2,1-2H3. The lowest BCUT2D eigenvalue weighted by molar-refractivity contribution is -0.133. The number of aryl methyl sites for hydroxylation is 1. The van der Waals surface area contributed by atoms with E-state index in [0.29, 0.717) is 28.6 Å². The quantitative estimate of drug-likeness (QED) is 0.559. The summed E-state index contributed by atoms with van der Waals surface area (Å²) in [5.41, 5.74) is 2.18. The number of thiocarbonyl (C=S) groups is 1. The number of rotatable bonds is 5. The van der Waals surface area contributed by atoms with Gasteiger partial charge in [-0.1, -0.05) is 53.8 Å². The van der Waals surface area contributed by atoms with Gasteiger partial charge in [-0.2, -0.15) is 0 Å². The highest BCUT2D eigenvalue weighted by atomic mass is 32.2. The van der Waals surface area contributed by atoms with Crippen LogP contribution in [0.2, 0.25) is 0 Å². The molecule has 2 amide bonds. The average Bonchev–Trinajstić information content (AvgIpc) is 2.91. The lowest BCUT2D eigenvalue weighted by atomic mass is 10.1. The van der Waals surface area contributed by atoms with E-state index >= 15 is 0 Å². The van der Waals surface area contributed by atoms with E-state index < -0.39 is 0 Å². The molecule has 2 heterocycles. The first kappa shape index (κ1) is 20.0. The molecule has 7 heteroatoms. The maximum atomic E-state index is 12.6. The number of hydrogen-bond donors (Lipinski definition) is 0. The molecule has 0 bridgehead atoms. The van der Waals surface area contributed by atoms with Gasteiger partial charge in [0.25, 0.3) is 5.91 Å². The van der Waals surface area contributed by atoms with Gasteiger partial charge in [0.2, 0.25) is 5.91 Å². The molecule has 0 unspecified atom stereocenters. The highest BCUT2D eigenvalue weighted by Gasteiger charge is 2.31. The van der Waals surface area contributed by atoms with Gasteiger partial charge in [0.1, 0.15) is 4.32 Å². The Kier molecular flexibility index (Phi) is 6.68. The Morgan fingerprint density at radius 3 is 2.52 bits per heavy atom. The van der Waals surface area contributed by atoms with E-state index in [9.17, 15) is 9.59 Å². The van der Waals surface area contributed by atoms with E-state index in [1.807, 2.05) is 42.2 Å². The van der Waals surface area contributed by atoms with Crippen LogP contribution >= 0.6 is 24.0 Å². The minimum Gasteiger partial charge on any atom is -0.340 e. The van der Waals surface area contributed by atoms with E-state index in [2.05, 4.69) is 11.9 Å². The molecule has 1 aromatic carbocycles. The van der Waals surface area contributed by atoms with Crippen LogP contribution in [0, 0.1) is 6.92 Å². The number of nitrogens with zero attached hydrogens (tertiary/aromatic N) is 3. The van der Waals surface area contributed by atoms with Crippen molar-refractivity contribution in [1.82, 2.24) is 14.7 Å². The number of piperazine rings is 1. The van der Waals surface area contributed by atoms with Crippen LogP contribution in [-0.4, -0.2) is 70.6 Å². The van der Waals surface area contributed by atoms with Gasteiger partial charge in [-0.05, 0) is 32.0 Å². The summed E-state index contributed by atoms with van der Waals surface area (Å²) in [6, 6.07) is 8.04. The third kappa shape index (κ3) is 5.18. The normalized spacial score (nSPS) is 20.0. The molecular formula is C20H25N3O2S2. The van der Waals surface area contributed by atoms with Crippen molar-refractivity contribution in [2.45, 2.75) is 19.8 Å². The summed E-state index contributed by atoms with van der Waals surface area (Å²) in [5.74, 6) is 0.112. The lowest BCUT2D eigenvalue weighted by Gasteiger charge is -2.32. The van der Waals surface area contributed by atoms with Crippen LogP contribution < -0.4 is 0 Å². The van der Waals surface area contributed by atoms with E-state index in [0.717, 1.165) is 31.7 Å². The van der Waals surface area contributed by atoms with Gasteiger partial charge in [0.05, 0.1) is 4.91 Å². The fourth-order valence-electron chi connectivity index (χ4n) is 3.11. The van der Waals surface area contributed by atoms with E-state index in [4.69, 9.17) is 12.2 Å². The number of amides is 2. The second-order valence-electron chi connectivity index (χ2n) is 7.03. The second-order valence-corrected chi connectivity index (χ2v) is 8.71. The third-order valence-corrected chi connectivity index (χ3v) is 6.25. The predicted octanol–water partition coefficient (Wildman–Crippen LogP) is 2.75. The van der Waals surface area contributed by atoms with Gasteiger partial charge in [-0.3, -0.25) is 14.5 Å². The molecule has 0 N–H and O–H groups in total. The summed E-state index contributed by atoms with van der Waals surface area (Å²) in [6.45, 7) is 5.95. The van der Waals surface area contributed by atoms with Crippen molar-refractivity contribution in [3.8, 4) is 0 Å². The van der Waals surface area contributed by atoms with E-state index in [1.54, 1.807) is 4.90 Å². The molecule has 3 rings (SSSR count).